The van der Waals surface area contributed by atoms with Crippen LogP contribution in [0.1, 0.15) is 25.5 Å². The van der Waals surface area contributed by atoms with Crippen molar-refractivity contribution >= 4 is 39.9 Å². The van der Waals surface area contributed by atoms with Crippen LogP contribution < -0.4 is 4.74 Å². The number of rotatable bonds is 5. The van der Waals surface area contributed by atoms with Crippen molar-refractivity contribution < 1.29 is 14.3 Å². The first-order valence-corrected chi connectivity index (χ1v) is 9.24. The molecule has 2 aromatic rings. The zero-order valence-corrected chi connectivity index (χ0v) is 16.7. The molecule has 6 heteroatoms. The minimum absolute atomic E-state index is 0.0987. The summed E-state index contributed by atoms with van der Waals surface area (Å²) in [5, 5.41) is 11.4. The van der Waals surface area contributed by atoms with Crippen molar-refractivity contribution in [3.63, 3.8) is 0 Å². The fourth-order valence-corrected chi connectivity index (χ4v) is 3.74. The van der Waals surface area contributed by atoms with Crippen molar-refractivity contribution in [1.29, 1.82) is 5.26 Å². The van der Waals surface area contributed by atoms with Gasteiger partial charge in [0.1, 0.15) is 16.3 Å². The van der Waals surface area contributed by atoms with E-state index in [9.17, 15) is 10.1 Å². The van der Waals surface area contributed by atoms with Crippen molar-refractivity contribution in [2.45, 2.75) is 20.0 Å². The fraction of sp³-hybridized carbons (Fsp3) is 0.333. The van der Waals surface area contributed by atoms with Crippen molar-refractivity contribution in [1.82, 2.24) is 0 Å². The molecule has 1 aliphatic rings. The zero-order chi connectivity index (χ0) is 19.8. The van der Waals surface area contributed by atoms with E-state index in [1.54, 1.807) is 19.3 Å². The SMILES string of the molecule is COc1ccc2cc([C@H](C#N)OC(=O)[C@@H]3[C@@H](C=C(Cl)Cl)C3(C)C)ccc2c1. The molecule has 4 nitrogen and oxygen atoms in total. The van der Waals surface area contributed by atoms with Crippen molar-refractivity contribution in [2.75, 3.05) is 7.11 Å². The average molecular weight is 404 g/mol. The zero-order valence-electron chi connectivity index (χ0n) is 15.2. The Morgan fingerprint density at radius 3 is 2.52 bits per heavy atom. The Balaban J connectivity index is 1.80. The van der Waals surface area contributed by atoms with Crippen molar-refractivity contribution in [3.05, 3.63) is 52.5 Å². The number of methoxy groups -OCH3 is 1. The molecule has 0 N–H and O–H groups in total. The minimum Gasteiger partial charge on any atom is -0.497 e. The van der Waals surface area contributed by atoms with Crippen LogP contribution in [0.2, 0.25) is 0 Å². The third-order valence-corrected chi connectivity index (χ3v) is 5.45. The number of ether oxygens (including phenoxy) is 2. The summed E-state index contributed by atoms with van der Waals surface area (Å²) in [6.45, 7) is 3.89. The molecule has 0 spiro atoms. The second-order valence-corrected chi connectivity index (χ2v) is 8.21. The van der Waals surface area contributed by atoms with Gasteiger partial charge in [0.05, 0.1) is 13.0 Å². The molecular formula is C21H19Cl2NO3. The Labute approximate surface area is 168 Å². The van der Waals surface area contributed by atoms with Crippen molar-refractivity contribution in [3.8, 4) is 11.8 Å². The van der Waals surface area contributed by atoms with Gasteiger partial charge in [-0.3, -0.25) is 4.79 Å². The number of allylic oxidation sites excluding steroid dienone is 1. The third kappa shape index (κ3) is 3.90. The van der Waals surface area contributed by atoms with E-state index in [0.29, 0.717) is 5.56 Å². The van der Waals surface area contributed by atoms with Gasteiger partial charge in [0, 0.05) is 5.56 Å². The first-order valence-electron chi connectivity index (χ1n) is 8.48. The summed E-state index contributed by atoms with van der Waals surface area (Å²) in [6.07, 6.45) is 0.677. The number of carbonyl (C=O) groups is 1. The Bertz CT molecular complexity index is 958. The van der Waals surface area contributed by atoms with E-state index in [4.69, 9.17) is 32.7 Å². The summed E-state index contributed by atoms with van der Waals surface area (Å²) in [5.74, 6) is -0.132. The first-order chi connectivity index (χ1) is 12.8. The smallest absolute Gasteiger partial charge is 0.311 e. The topological polar surface area (TPSA) is 59.3 Å². The van der Waals surface area contributed by atoms with E-state index >= 15 is 0 Å². The number of esters is 1. The molecule has 3 atom stereocenters. The van der Waals surface area contributed by atoms with E-state index in [0.717, 1.165) is 16.5 Å². The lowest BCUT2D eigenvalue weighted by atomic mass is 10.0. The van der Waals surface area contributed by atoms with Crippen LogP contribution in [0.5, 0.6) is 5.75 Å². The van der Waals surface area contributed by atoms with Gasteiger partial charge in [-0.2, -0.15) is 5.26 Å². The predicted octanol–water partition coefficient (Wildman–Crippen LogP) is 5.55. The number of halogens is 2. The van der Waals surface area contributed by atoms with Crippen LogP contribution >= 0.6 is 23.2 Å². The Morgan fingerprint density at radius 2 is 1.89 bits per heavy atom. The van der Waals surface area contributed by atoms with E-state index in [2.05, 4.69) is 6.07 Å². The number of benzene rings is 2. The van der Waals surface area contributed by atoms with Gasteiger partial charge in [0.15, 0.2) is 0 Å². The highest BCUT2D eigenvalue weighted by atomic mass is 35.5. The van der Waals surface area contributed by atoms with Crippen molar-refractivity contribution in [2.24, 2.45) is 17.3 Å². The molecule has 0 heterocycles. The van der Waals surface area contributed by atoms with E-state index in [1.807, 2.05) is 44.2 Å². The van der Waals surface area contributed by atoms with Crippen LogP contribution in [0.25, 0.3) is 10.8 Å². The maximum atomic E-state index is 12.6. The number of hydrogen-bond donors (Lipinski definition) is 0. The van der Waals surface area contributed by atoms with E-state index < -0.39 is 12.1 Å². The third-order valence-electron chi connectivity index (χ3n) is 5.20. The normalized spacial score (nSPS) is 21.0. The van der Waals surface area contributed by atoms with Gasteiger partial charge in [-0.25, -0.2) is 0 Å². The molecule has 0 aromatic heterocycles. The summed E-state index contributed by atoms with van der Waals surface area (Å²) < 4.78 is 10.9. The number of carbonyl (C=O) groups excluding carboxylic acids is 1. The second kappa shape index (κ2) is 7.42. The van der Waals surface area contributed by atoms with E-state index in [1.165, 1.54) is 0 Å². The molecule has 27 heavy (non-hydrogen) atoms. The Hall–Kier alpha value is -2.22. The molecule has 0 amide bonds. The van der Waals surface area contributed by atoms with Gasteiger partial charge in [0.25, 0.3) is 0 Å². The lowest BCUT2D eigenvalue weighted by Crippen LogP contribution is -2.14. The monoisotopic (exact) mass is 403 g/mol. The quantitative estimate of drug-likeness (QED) is 0.614. The molecule has 2 aromatic carbocycles. The molecule has 1 aliphatic carbocycles. The molecule has 3 rings (SSSR count). The number of hydrogen-bond acceptors (Lipinski definition) is 4. The highest BCUT2D eigenvalue weighted by molar-refractivity contribution is 6.55. The summed E-state index contributed by atoms with van der Waals surface area (Å²) in [5.41, 5.74) is 0.330. The van der Waals surface area contributed by atoms with Crippen LogP contribution in [-0.2, 0) is 9.53 Å². The van der Waals surface area contributed by atoms with Crippen LogP contribution in [0, 0.1) is 28.6 Å². The van der Waals surface area contributed by atoms with Crippen LogP contribution in [0.4, 0.5) is 0 Å². The molecule has 0 unspecified atom stereocenters. The first kappa shape index (κ1) is 19.5. The van der Waals surface area contributed by atoms with Gasteiger partial charge in [0.2, 0.25) is 6.10 Å². The summed E-state index contributed by atoms with van der Waals surface area (Å²) in [6, 6.07) is 13.2. The summed E-state index contributed by atoms with van der Waals surface area (Å²) in [7, 11) is 1.61. The molecule has 0 aliphatic heterocycles. The van der Waals surface area contributed by atoms with Gasteiger partial charge in [-0.1, -0.05) is 55.2 Å². The molecule has 140 valence electrons. The minimum atomic E-state index is -0.975. The molecule has 0 radical (unpaired) electrons. The fourth-order valence-electron chi connectivity index (χ4n) is 3.47. The maximum Gasteiger partial charge on any atom is 0.311 e. The standard InChI is InChI=1S/C21H19Cl2NO3/c1-21(2)16(10-18(22)23)19(21)20(25)27-17(11-24)14-5-4-13-9-15(26-3)7-6-12(13)8-14/h4-10,16-17,19H,1-3H3/t16-,17+,19+/m1/s1. The number of nitrogens with zero attached hydrogens (tertiary/aromatic N) is 1. The van der Waals surface area contributed by atoms with Crippen LogP contribution in [0.15, 0.2) is 47.0 Å². The molecule has 1 saturated carbocycles. The molecule has 0 bridgehead atoms. The second-order valence-electron chi connectivity index (χ2n) is 7.20. The van der Waals surface area contributed by atoms with Crippen LogP contribution in [-0.4, -0.2) is 13.1 Å². The Kier molecular flexibility index (Phi) is 5.37. The molecule has 0 saturated heterocycles. The summed E-state index contributed by atoms with van der Waals surface area (Å²) in [4.78, 5) is 12.6. The number of fused-ring (bicyclic) bond motifs is 1. The predicted molar refractivity (Wildman–Crippen MR) is 105 cm³/mol. The maximum absolute atomic E-state index is 12.6. The highest BCUT2D eigenvalue weighted by Crippen LogP contribution is 2.60. The van der Waals surface area contributed by atoms with Gasteiger partial charge >= 0.3 is 5.97 Å². The van der Waals surface area contributed by atoms with Gasteiger partial charge in [-0.05, 0) is 46.4 Å². The highest BCUT2D eigenvalue weighted by Gasteiger charge is 2.62. The average Bonchev–Trinajstić information content (AvgIpc) is 3.17. The van der Waals surface area contributed by atoms with Crippen LogP contribution in [0.3, 0.4) is 0 Å². The van der Waals surface area contributed by atoms with E-state index in [-0.39, 0.29) is 21.7 Å². The van der Waals surface area contributed by atoms with Gasteiger partial charge < -0.3 is 9.47 Å². The lowest BCUT2D eigenvalue weighted by Gasteiger charge is -2.13. The molecule has 1 fully saturated rings. The lowest BCUT2D eigenvalue weighted by molar-refractivity contribution is -0.149. The largest absolute Gasteiger partial charge is 0.497 e. The summed E-state index contributed by atoms with van der Waals surface area (Å²) >= 11 is 11.5. The molecular weight excluding hydrogens is 385 g/mol. The van der Waals surface area contributed by atoms with Gasteiger partial charge in [-0.15, -0.1) is 0 Å². The Morgan fingerprint density at radius 1 is 1.22 bits per heavy atom. The number of nitriles is 1.